The quantitative estimate of drug-likeness (QED) is 0.259. The lowest BCUT2D eigenvalue weighted by molar-refractivity contribution is -0.0199. The van der Waals surface area contributed by atoms with Gasteiger partial charge in [-0.05, 0) is 84.5 Å². The van der Waals surface area contributed by atoms with Crippen molar-refractivity contribution in [2.24, 2.45) is 11.7 Å². The summed E-state index contributed by atoms with van der Waals surface area (Å²) in [5, 5.41) is 24.3. The number of nitriles is 1. The van der Waals surface area contributed by atoms with Crippen molar-refractivity contribution in [3.63, 3.8) is 0 Å². The molecule has 2 saturated carbocycles. The van der Waals surface area contributed by atoms with Crippen LogP contribution in [0.2, 0.25) is 0 Å². The van der Waals surface area contributed by atoms with Crippen LogP contribution in [0.15, 0.2) is 48.9 Å². The lowest BCUT2D eigenvalue weighted by Gasteiger charge is -2.39. The Morgan fingerprint density at radius 3 is 2.63 bits per heavy atom. The Morgan fingerprint density at radius 2 is 1.91 bits per heavy atom. The Kier molecular flexibility index (Phi) is 8.23. The maximum Gasteiger partial charge on any atom is 0.136 e. The SMILES string of the molecule is C[C@H]1C[C@@H](c2ccncc2Cc2ncc3ccc(-c4c(F)cc(C5(O)CCCC5)cc4F)nn23)C[C@@H](N)[C@H]1OCCC#N. The van der Waals surface area contributed by atoms with Crippen molar-refractivity contribution in [1.29, 1.82) is 5.26 Å². The van der Waals surface area contributed by atoms with Crippen molar-refractivity contribution < 1.29 is 18.6 Å². The van der Waals surface area contributed by atoms with E-state index in [0.29, 0.717) is 43.6 Å². The second-order valence-corrected chi connectivity index (χ2v) is 12.1. The fourth-order valence-electron chi connectivity index (χ4n) is 7.02. The number of ether oxygens (including phenoxy) is 1. The lowest BCUT2D eigenvalue weighted by atomic mass is 9.73. The van der Waals surface area contributed by atoms with E-state index in [4.69, 9.17) is 15.7 Å². The number of benzene rings is 1. The summed E-state index contributed by atoms with van der Waals surface area (Å²) in [5.41, 5.74) is 8.38. The maximum absolute atomic E-state index is 15.4. The molecule has 4 aromatic rings. The third kappa shape index (κ3) is 5.77. The zero-order valence-electron chi connectivity index (χ0n) is 24.2. The van der Waals surface area contributed by atoms with Gasteiger partial charge in [-0.2, -0.15) is 10.4 Å². The number of fused-ring (bicyclic) bond motifs is 1. The van der Waals surface area contributed by atoms with Crippen LogP contribution in [0.4, 0.5) is 8.78 Å². The maximum atomic E-state index is 15.4. The van der Waals surface area contributed by atoms with Gasteiger partial charge in [0.1, 0.15) is 17.5 Å². The summed E-state index contributed by atoms with van der Waals surface area (Å²) in [6, 6.07) is 9.78. The monoisotopic (exact) mass is 586 g/mol. The van der Waals surface area contributed by atoms with Crippen molar-refractivity contribution in [2.45, 2.75) is 82.0 Å². The van der Waals surface area contributed by atoms with Crippen LogP contribution in [0.25, 0.3) is 16.8 Å². The Morgan fingerprint density at radius 1 is 1.14 bits per heavy atom. The molecule has 3 N–H and O–H groups in total. The van der Waals surface area contributed by atoms with E-state index in [1.165, 1.54) is 12.1 Å². The van der Waals surface area contributed by atoms with Crippen molar-refractivity contribution in [1.82, 2.24) is 19.6 Å². The second-order valence-electron chi connectivity index (χ2n) is 12.1. The van der Waals surface area contributed by atoms with Crippen molar-refractivity contribution in [3.05, 3.63) is 83.1 Å². The third-order valence-electron chi connectivity index (χ3n) is 9.17. The van der Waals surface area contributed by atoms with Crippen LogP contribution in [0.5, 0.6) is 0 Å². The summed E-state index contributed by atoms with van der Waals surface area (Å²) in [4.78, 5) is 8.97. The fourth-order valence-corrected chi connectivity index (χ4v) is 7.02. The van der Waals surface area contributed by atoms with Gasteiger partial charge < -0.3 is 15.6 Å². The number of nitrogens with two attached hydrogens (primary N) is 1. The number of halogens is 2. The van der Waals surface area contributed by atoms with Crippen LogP contribution in [0.3, 0.4) is 0 Å². The predicted molar refractivity (Wildman–Crippen MR) is 157 cm³/mol. The molecule has 0 saturated heterocycles. The highest BCUT2D eigenvalue weighted by atomic mass is 19.1. The van der Waals surface area contributed by atoms with E-state index in [9.17, 15) is 5.11 Å². The normalized spacial score (nSPS) is 23.4. The molecule has 0 radical (unpaired) electrons. The molecular weight excluding hydrogens is 550 g/mol. The van der Waals surface area contributed by atoms with Crippen molar-refractivity contribution in [2.75, 3.05) is 6.61 Å². The predicted octanol–water partition coefficient (Wildman–Crippen LogP) is 5.56. The number of nitrogens with zero attached hydrogens (tertiary/aromatic N) is 5. The smallest absolute Gasteiger partial charge is 0.136 e. The number of hydrogen-bond donors (Lipinski definition) is 2. The van der Waals surface area contributed by atoms with Crippen LogP contribution in [0.1, 0.15) is 80.3 Å². The summed E-state index contributed by atoms with van der Waals surface area (Å²) in [7, 11) is 0. The molecule has 1 aromatic carbocycles. The first kappa shape index (κ1) is 29.3. The van der Waals surface area contributed by atoms with Gasteiger partial charge in [0.2, 0.25) is 0 Å². The largest absolute Gasteiger partial charge is 0.385 e. The Balaban J connectivity index is 1.27. The molecule has 10 heteroatoms. The summed E-state index contributed by atoms with van der Waals surface area (Å²) in [6.45, 7) is 2.52. The van der Waals surface area contributed by atoms with Gasteiger partial charge in [0.25, 0.3) is 0 Å². The molecule has 0 aliphatic heterocycles. The Hall–Kier alpha value is -3.78. The van der Waals surface area contributed by atoms with E-state index in [1.54, 1.807) is 29.0 Å². The minimum atomic E-state index is -1.19. The molecule has 43 heavy (non-hydrogen) atoms. The van der Waals surface area contributed by atoms with E-state index in [0.717, 1.165) is 36.8 Å². The molecule has 2 aliphatic carbocycles. The van der Waals surface area contributed by atoms with Crippen LogP contribution in [0, 0.1) is 28.9 Å². The number of aromatic nitrogens is 4. The van der Waals surface area contributed by atoms with Gasteiger partial charge in [-0.15, -0.1) is 0 Å². The number of rotatable bonds is 8. The zero-order chi connectivity index (χ0) is 30.1. The van der Waals surface area contributed by atoms with Crippen molar-refractivity contribution in [3.8, 4) is 17.3 Å². The standard InChI is InChI=1S/C33H36F2N6O2/c1-20-13-21(14-28(37)32(20)43-12-4-10-36)25-7-11-38-18-22(25)15-30-39-19-24-5-6-29(40-41(24)30)31-26(34)16-23(17-27(31)35)33(42)8-2-3-9-33/h5-7,11,16-21,28,32,42H,2-4,8-9,12-15,37H2,1H3/t20-,21+,28+,32-/m0/s1. The average molecular weight is 587 g/mol. The molecule has 0 amide bonds. The number of pyridine rings is 1. The molecule has 224 valence electrons. The molecular formula is C33H36F2N6O2. The van der Waals surface area contributed by atoms with Crippen molar-refractivity contribution >= 4 is 5.52 Å². The van der Waals surface area contributed by atoms with Crippen LogP contribution >= 0.6 is 0 Å². The Bertz CT molecular complexity index is 1630. The minimum Gasteiger partial charge on any atom is -0.385 e. The van der Waals surface area contributed by atoms with Gasteiger partial charge in [0.05, 0.1) is 53.8 Å². The molecule has 0 bridgehead atoms. The molecule has 6 rings (SSSR count). The highest BCUT2D eigenvalue weighted by Gasteiger charge is 2.36. The van der Waals surface area contributed by atoms with Gasteiger partial charge in [-0.3, -0.25) is 4.98 Å². The van der Waals surface area contributed by atoms with Crippen LogP contribution < -0.4 is 5.73 Å². The van der Waals surface area contributed by atoms with Crippen LogP contribution in [-0.2, 0) is 16.8 Å². The Labute approximate surface area is 249 Å². The average Bonchev–Trinajstić information content (AvgIpc) is 3.61. The van der Waals surface area contributed by atoms with Gasteiger partial charge in [0.15, 0.2) is 0 Å². The summed E-state index contributed by atoms with van der Waals surface area (Å²) >= 11 is 0. The molecule has 3 aromatic heterocycles. The summed E-state index contributed by atoms with van der Waals surface area (Å²) in [5.74, 6) is -0.470. The van der Waals surface area contributed by atoms with E-state index >= 15 is 8.78 Å². The first-order valence-electron chi connectivity index (χ1n) is 15.0. The lowest BCUT2D eigenvalue weighted by Crippen LogP contribution is -2.46. The topological polar surface area (TPSA) is 122 Å². The van der Waals surface area contributed by atoms with Gasteiger partial charge in [-0.25, -0.2) is 18.3 Å². The minimum absolute atomic E-state index is 0.0929. The van der Waals surface area contributed by atoms with Gasteiger partial charge in [-0.1, -0.05) is 19.8 Å². The molecule has 8 nitrogen and oxygen atoms in total. The number of imidazole rings is 1. The first-order chi connectivity index (χ1) is 20.8. The first-order valence-corrected chi connectivity index (χ1v) is 15.0. The van der Waals surface area contributed by atoms with E-state index in [2.05, 4.69) is 28.1 Å². The van der Waals surface area contributed by atoms with Gasteiger partial charge in [0, 0.05) is 24.9 Å². The highest BCUT2D eigenvalue weighted by Crippen LogP contribution is 2.41. The van der Waals surface area contributed by atoms with Crippen LogP contribution in [-0.4, -0.2) is 43.4 Å². The fraction of sp³-hybridized carbons (Fsp3) is 0.455. The third-order valence-corrected chi connectivity index (χ3v) is 9.17. The molecule has 0 unspecified atom stereocenters. The highest BCUT2D eigenvalue weighted by molar-refractivity contribution is 5.63. The summed E-state index contributed by atoms with van der Waals surface area (Å²) < 4.78 is 38.3. The molecule has 3 heterocycles. The van der Waals surface area contributed by atoms with E-state index in [1.807, 2.05) is 12.3 Å². The van der Waals surface area contributed by atoms with E-state index < -0.39 is 17.2 Å². The summed E-state index contributed by atoms with van der Waals surface area (Å²) in [6.07, 6.45) is 10.2. The van der Waals surface area contributed by atoms with Gasteiger partial charge >= 0.3 is 0 Å². The zero-order valence-corrected chi connectivity index (χ0v) is 24.2. The second kappa shape index (κ2) is 12.1. The number of aliphatic hydroxyl groups is 1. The molecule has 0 spiro atoms. The molecule has 4 atom stereocenters. The molecule has 2 fully saturated rings. The molecule has 2 aliphatic rings. The van der Waals surface area contributed by atoms with E-state index in [-0.39, 0.29) is 40.8 Å². The number of hydrogen-bond acceptors (Lipinski definition) is 7.